The lowest BCUT2D eigenvalue weighted by atomic mass is 10.0. The number of rotatable bonds is 1. The summed E-state index contributed by atoms with van der Waals surface area (Å²) in [6, 6.07) is 1.93. The predicted molar refractivity (Wildman–Crippen MR) is 56.4 cm³/mol. The maximum Gasteiger partial charge on any atom is 0.417 e. The molecule has 0 amide bonds. The Balaban J connectivity index is 2.78. The Bertz CT molecular complexity index is 538. The molecule has 0 bridgehead atoms. The maximum atomic E-state index is 12.8. The van der Waals surface area contributed by atoms with Crippen LogP contribution in [0.25, 0.3) is 10.6 Å². The van der Waals surface area contributed by atoms with Crippen molar-refractivity contribution >= 4 is 11.3 Å². The number of alkyl halides is 6. The van der Waals surface area contributed by atoms with Crippen LogP contribution in [-0.2, 0) is 12.4 Å². The van der Waals surface area contributed by atoms with Crippen molar-refractivity contribution < 1.29 is 26.3 Å². The van der Waals surface area contributed by atoms with Crippen LogP contribution in [0.15, 0.2) is 23.6 Å². The zero-order chi connectivity index (χ0) is 14.3. The topological polar surface area (TPSA) is 12.9 Å². The molecule has 2 rings (SSSR count). The highest BCUT2D eigenvalue weighted by atomic mass is 32.1. The summed E-state index contributed by atoms with van der Waals surface area (Å²) in [5.74, 6) is 0. The van der Waals surface area contributed by atoms with Gasteiger partial charge in [-0.3, -0.25) is 0 Å². The Kier molecular flexibility index (Phi) is 3.29. The van der Waals surface area contributed by atoms with Crippen LogP contribution in [0.4, 0.5) is 26.3 Å². The van der Waals surface area contributed by atoms with Gasteiger partial charge in [0, 0.05) is 10.9 Å². The van der Waals surface area contributed by atoms with E-state index >= 15 is 0 Å². The molecule has 0 N–H and O–H groups in total. The van der Waals surface area contributed by atoms with Gasteiger partial charge in [-0.15, -0.1) is 11.3 Å². The lowest BCUT2D eigenvalue weighted by Gasteiger charge is -2.16. The van der Waals surface area contributed by atoms with Crippen LogP contribution >= 0.6 is 11.3 Å². The second kappa shape index (κ2) is 4.52. The van der Waals surface area contributed by atoms with Gasteiger partial charge in [0.1, 0.15) is 11.2 Å². The van der Waals surface area contributed by atoms with Crippen LogP contribution in [0.1, 0.15) is 11.1 Å². The number of halogens is 6. The van der Waals surface area contributed by atoms with Gasteiger partial charge >= 0.3 is 12.4 Å². The molecule has 101 valence electrons. The number of nitrogens with zero attached hydrogens (tertiary/aromatic N) is 1. The van der Waals surface area contributed by atoms with Crippen molar-refractivity contribution in [3.8, 4) is 10.6 Å². The van der Waals surface area contributed by atoms with E-state index in [-0.39, 0.29) is 5.01 Å². The van der Waals surface area contributed by atoms with Crippen molar-refractivity contribution in [3.63, 3.8) is 0 Å². The van der Waals surface area contributed by atoms with Crippen molar-refractivity contribution in [2.75, 3.05) is 0 Å². The lowest BCUT2D eigenvalue weighted by molar-refractivity contribution is -0.142. The molecule has 19 heavy (non-hydrogen) atoms. The third kappa shape index (κ3) is 2.73. The Morgan fingerprint density at radius 1 is 0.947 bits per heavy atom. The van der Waals surface area contributed by atoms with Crippen molar-refractivity contribution in [2.45, 2.75) is 12.4 Å². The first-order chi connectivity index (χ1) is 8.71. The van der Waals surface area contributed by atoms with E-state index in [4.69, 9.17) is 0 Å². The molecule has 0 saturated heterocycles. The SMILES string of the molecule is FC(F)(F)c1cccc(C(F)(F)F)c1-c1n[c]cs1. The largest absolute Gasteiger partial charge is 0.417 e. The van der Waals surface area contributed by atoms with Crippen molar-refractivity contribution in [3.05, 3.63) is 40.9 Å². The van der Waals surface area contributed by atoms with E-state index in [1.165, 1.54) is 5.38 Å². The summed E-state index contributed by atoms with van der Waals surface area (Å²) in [5, 5.41) is 0.836. The average molecular weight is 296 g/mol. The van der Waals surface area contributed by atoms with E-state index in [9.17, 15) is 26.3 Å². The van der Waals surface area contributed by atoms with Gasteiger partial charge in [-0.1, -0.05) is 6.07 Å². The number of aromatic nitrogens is 1. The molecule has 1 aromatic heterocycles. The second-order valence-corrected chi connectivity index (χ2v) is 4.36. The predicted octanol–water partition coefficient (Wildman–Crippen LogP) is 4.65. The van der Waals surface area contributed by atoms with E-state index < -0.39 is 29.0 Å². The third-order valence-corrected chi connectivity index (χ3v) is 3.02. The standard InChI is InChI=1S/C11H4F6NS/c12-10(13,14)6-2-1-3-7(11(15,16)17)8(6)9-18-4-5-19-9/h1-3,5H. The van der Waals surface area contributed by atoms with Crippen molar-refractivity contribution in [1.29, 1.82) is 0 Å². The molecule has 1 nitrogen and oxygen atoms in total. The van der Waals surface area contributed by atoms with Gasteiger partial charge in [-0.25, -0.2) is 4.98 Å². The van der Waals surface area contributed by atoms with Crippen LogP contribution in [-0.4, -0.2) is 4.98 Å². The van der Waals surface area contributed by atoms with Gasteiger partial charge in [-0.05, 0) is 12.1 Å². The summed E-state index contributed by atoms with van der Waals surface area (Å²) in [6.07, 6.45) is -7.55. The summed E-state index contributed by atoms with van der Waals surface area (Å²) in [5.41, 5.74) is -3.66. The quantitative estimate of drug-likeness (QED) is 0.698. The highest BCUT2D eigenvalue weighted by Gasteiger charge is 2.41. The molecule has 2 aromatic rings. The molecule has 0 unspecified atom stereocenters. The first-order valence-electron chi connectivity index (χ1n) is 4.80. The molecule has 1 aromatic carbocycles. The van der Waals surface area contributed by atoms with Crippen LogP contribution < -0.4 is 0 Å². The molecule has 0 saturated carbocycles. The van der Waals surface area contributed by atoms with Crippen LogP contribution in [0.5, 0.6) is 0 Å². The molecular weight excluding hydrogens is 292 g/mol. The van der Waals surface area contributed by atoms with Gasteiger partial charge in [0.15, 0.2) is 0 Å². The Morgan fingerprint density at radius 2 is 1.47 bits per heavy atom. The van der Waals surface area contributed by atoms with Gasteiger partial charge in [0.05, 0.1) is 11.1 Å². The van der Waals surface area contributed by atoms with Crippen LogP contribution in [0, 0.1) is 6.20 Å². The highest BCUT2D eigenvalue weighted by Crippen LogP contribution is 2.44. The molecule has 0 spiro atoms. The maximum absolute atomic E-state index is 12.8. The van der Waals surface area contributed by atoms with Gasteiger partial charge in [0.2, 0.25) is 0 Å². The average Bonchev–Trinajstić information content (AvgIpc) is 2.78. The fourth-order valence-corrected chi connectivity index (χ4v) is 2.22. The summed E-state index contributed by atoms with van der Waals surface area (Å²) in [4.78, 5) is 3.43. The molecule has 1 radical (unpaired) electrons. The first kappa shape index (κ1) is 13.9. The fraction of sp³-hybridized carbons (Fsp3) is 0.182. The zero-order valence-corrected chi connectivity index (χ0v) is 9.75. The van der Waals surface area contributed by atoms with Crippen LogP contribution in [0.2, 0.25) is 0 Å². The molecule has 0 atom stereocenters. The Hall–Kier alpha value is -1.57. The Morgan fingerprint density at radius 3 is 1.84 bits per heavy atom. The van der Waals surface area contributed by atoms with E-state index in [0.717, 1.165) is 6.07 Å². The number of benzene rings is 1. The number of thiazole rings is 1. The summed E-state index contributed by atoms with van der Waals surface area (Å²) in [6.45, 7) is 0. The van der Waals surface area contributed by atoms with E-state index in [0.29, 0.717) is 23.5 Å². The van der Waals surface area contributed by atoms with Gasteiger partial charge in [-0.2, -0.15) is 26.3 Å². The first-order valence-corrected chi connectivity index (χ1v) is 5.68. The molecule has 1 heterocycles. The van der Waals surface area contributed by atoms with Gasteiger partial charge < -0.3 is 0 Å². The van der Waals surface area contributed by atoms with Crippen molar-refractivity contribution in [2.24, 2.45) is 0 Å². The molecule has 8 heteroatoms. The molecule has 0 aliphatic rings. The summed E-state index contributed by atoms with van der Waals surface area (Å²) in [7, 11) is 0. The Labute approximate surface area is 107 Å². The van der Waals surface area contributed by atoms with E-state index in [1.807, 2.05) is 0 Å². The third-order valence-electron chi connectivity index (χ3n) is 2.28. The van der Waals surface area contributed by atoms with Crippen molar-refractivity contribution in [1.82, 2.24) is 4.98 Å². The minimum Gasteiger partial charge on any atom is -0.234 e. The molecule has 0 aliphatic carbocycles. The van der Waals surface area contributed by atoms with E-state index in [2.05, 4.69) is 11.2 Å². The minimum absolute atomic E-state index is 0.361. The number of hydrogen-bond acceptors (Lipinski definition) is 2. The normalized spacial score (nSPS) is 12.7. The summed E-state index contributed by atoms with van der Waals surface area (Å²) < 4.78 is 76.8. The second-order valence-electron chi connectivity index (χ2n) is 3.51. The highest BCUT2D eigenvalue weighted by molar-refractivity contribution is 7.13. The smallest absolute Gasteiger partial charge is 0.234 e. The molecule has 0 aliphatic heterocycles. The molecular formula is C11H4F6NS. The van der Waals surface area contributed by atoms with Crippen LogP contribution in [0.3, 0.4) is 0 Å². The lowest BCUT2D eigenvalue weighted by Crippen LogP contribution is -2.14. The number of hydrogen-bond donors (Lipinski definition) is 0. The molecule has 0 fully saturated rings. The monoisotopic (exact) mass is 296 g/mol. The van der Waals surface area contributed by atoms with E-state index in [1.54, 1.807) is 0 Å². The fourth-order valence-electron chi connectivity index (χ4n) is 1.56. The minimum atomic E-state index is -4.89. The summed E-state index contributed by atoms with van der Waals surface area (Å²) >= 11 is 0.670. The zero-order valence-electron chi connectivity index (χ0n) is 8.93. The van der Waals surface area contributed by atoms with Gasteiger partial charge in [0.25, 0.3) is 0 Å².